The Morgan fingerprint density at radius 3 is 2.58 bits per heavy atom. The molecule has 1 unspecified atom stereocenters. The predicted octanol–water partition coefficient (Wildman–Crippen LogP) is 1.45. The SMILES string of the molecule is Cl.O=C(Nc1cc(F)c(F)cc1F)C1COCCN1. The van der Waals surface area contributed by atoms with Crippen molar-refractivity contribution in [1.29, 1.82) is 0 Å². The van der Waals surface area contributed by atoms with Gasteiger partial charge in [0.25, 0.3) is 0 Å². The van der Waals surface area contributed by atoms with Crippen molar-refractivity contribution in [3.05, 3.63) is 29.6 Å². The van der Waals surface area contributed by atoms with E-state index in [4.69, 9.17) is 4.74 Å². The van der Waals surface area contributed by atoms with Crippen molar-refractivity contribution in [3.8, 4) is 0 Å². The van der Waals surface area contributed by atoms with Crippen LogP contribution in [0.4, 0.5) is 18.9 Å². The molecule has 1 fully saturated rings. The van der Waals surface area contributed by atoms with Crippen LogP contribution < -0.4 is 10.6 Å². The van der Waals surface area contributed by atoms with Crippen LogP contribution in [0.25, 0.3) is 0 Å². The highest BCUT2D eigenvalue weighted by molar-refractivity contribution is 5.95. The summed E-state index contributed by atoms with van der Waals surface area (Å²) >= 11 is 0. The van der Waals surface area contributed by atoms with Gasteiger partial charge in [-0.2, -0.15) is 0 Å². The molecule has 1 heterocycles. The van der Waals surface area contributed by atoms with Gasteiger partial charge in [-0.25, -0.2) is 13.2 Å². The van der Waals surface area contributed by atoms with Crippen LogP contribution in [-0.2, 0) is 9.53 Å². The normalized spacial score (nSPS) is 18.6. The zero-order valence-corrected chi connectivity index (χ0v) is 10.5. The van der Waals surface area contributed by atoms with Crippen molar-refractivity contribution in [1.82, 2.24) is 5.32 Å². The molecule has 1 aliphatic rings. The Hall–Kier alpha value is -1.31. The second-order valence-corrected chi connectivity index (χ2v) is 3.82. The van der Waals surface area contributed by atoms with E-state index < -0.39 is 35.1 Å². The number of rotatable bonds is 2. The Balaban J connectivity index is 0.00000180. The third kappa shape index (κ3) is 3.82. The molecule has 0 aromatic heterocycles. The average molecular weight is 297 g/mol. The number of carbonyl (C=O) groups excluding carboxylic acids is 1. The molecular formula is C11H12ClF3N2O2. The van der Waals surface area contributed by atoms with E-state index in [1.165, 1.54) is 0 Å². The molecule has 1 aromatic carbocycles. The standard InChI is InChI=1S/C11H11F3N2O2.ClH/c12-6-3-8(14)9(4-7(6)13)16-11(17)10-5-18-2-1-15-10;/h3-4,10,15H,1-2,5H2,(H,16,17);1H. The summed E-state index contributed by atoms with van der Waals surface area (Å²) in [6, 6.07) is 0.355. The highest BCUT2D eigenvalue weighted by atomic mass is 35.5. The fourth-order valence-corrected chi connectivity index (χ4v) is 1.57. The molecule has 1 saturated heterocycles. The number of benzene rings is 1. The van der Waals surface area contributed by atoms with Crippen LogP contribution in [0.3, 0.4) is 0 Å². The molecule has 0 aliphatic carbocycles. The largest absolute Gasteiger partial charge is 0.378 e. The maximum Gasteiger partial charge on any atom is 0.243 e. The van der Waals surface area contributed by atoms with Crippen molar-refractivity contribution >= 4 is 24.0 Å². The number of halogens is 4. The minimum absolute atomic E-state index is 0. The molecule has 2 rings (SSSR count). The lowest BCUT2D eigenvalue weighted by Crippen LogP contribution is -2.48. The van der Waals surface area contributed by atoms with Crippen molar-refractivity contribution < 1.29 is 22.7 Å². The summed E-state index contributed by atoms with van der Waals surface area (Å²) in [7, 11) is 0. The second kappa shape index (κ2) is 6.74. The van der Waals surface area contributed by atoms with E-state index in [0.29, 0.717) is 25.3 Å². The van der Waals surface area contributed by atoms with Crippen molar-refractivity contribution in [2.75, 3.05) is 25.1 Å². The number of anilines is 1. The number of amides is 1. The van der Waals surface area contributed by atoms with Crippen LogP contribution in [0.15, 0.2) is 12.1 Å². The van der Waals surface area contributed by atoms with Crippen LogP contribution in [0, 0.1) is 17.5 Å². The number of hydrogen-bond acceptors (Lipinski definition) is 3. The van der Waals surface area contributed by atoms with Gasteiger partial charge in [0.2, 0.25) is 5.91 Å². The van der Waals surface area contributed by atoms with E-state index in [2.05, 4.69) is 10.6 Å². The molecule has 4 nitrogen and oxygen atoms in total. The Labute approximate surface area is 113 Å². The van der Waals surface area contributed by atoms with Gasteiger partial charge < -0.3 is 15.4 Å². The fraction of sp³-hybridized carbons (Fsp3) is 0.364. The Bertz CT molecular complexity index is 467. The van der Waals surface area contributed by atoms with Gasteiger partial charge in [-0.15, -0.1) is 12.4 Å². The van der Waals surface area contributed by atoms with Gasteiger partial charge in [0.1, 0.15) is 11.9 Å². The summed E-state index contributed by atoms with van der Waals surface area (Å²) in [5.74, 6) is -4.11. The van der Waals surface area contributed by atoms with Crippen LogP contribution in [0.5, 0.6) is 0 Å². The molecule has 2 N–H and O–H groups in total. The quantitative estimate of drug-likeness (QED) is 0.812. The molecule has 106 valence electrons. The first-order valence-electron chi connectivity index (χ1n) is 5.34. The first-order chi connectivity index (χ1) is 8.58. The van der Waals surface area contributed by atoms with Crippen molar-refractivity contribution in [3.63, 3.8) is 0 Å². The fourth-order valence-electron chi connectivity index (χ4n) is 1.57. The van der Waals surface area contributed by atoms with Gasteiger partial charge in [0.15, 0.2) is 11.6 Å². The third-order valence-corrected chi connectivity index (χ3v) is 2.51. The lowest BCUT2D eigenvalue weighted by atomic mass is 10.2. The average Bonchev–Trinajstić information content (AvgIpc) is 2.37. The first kappa shape index (κ1) is 15.7. The predicted molar refractivity (Wildman–Crippen MR) is 64.8 cm³/mol. The maximum absolute atomic E-state index is 13.3. The molecule has 0 spiro atoms. The maximum atomic E-state index is 13.3. The monoisotopic (exact) mass is 296 g/mol. The minimum Gasteiger partial charge on any atom is -0.378 e. The summed E-state index contributed by atoms with van der Waals surface area (Å²) in [6.45, 7) is 1.14. The molecule has 1 aromatic rings. The first-order valence-corrected chi connectivity index (χ1v) is 5.34. The molecule has 8 heteroatoms. The highest BCUT2D eigenvalue weighted by Gasteiger charge is 2.22. The second-order valence-electron chi connectivity index (χ2n) is 3.82. The summed E-state index contributed by atoms with van der Waals surface area (Å²) in [6.07, 6.45) is 0. The smallest absolute Gasteiger partial charge is 0.243 e. The van der Waals surface area contributed by atoms with Crippen LogP contribution >= 0.6 is 12.4 Å². The van der Waals surface area contributed by atoms with Gasteiger partial charge in [-0.1, -0.05) is 0 Å². The number of ether oxygens (including phenoxy) is 1. The van der Waals surface area contributed by atoms with Gasteiger partial charge in [0.05, 0.1) is 18.9 Å². The van der Waals surface area contributed by atoms with E-state index in [1.807, 2.05) is 0 Å². The molecular weight excluding hydrogens is 285 g/mol. The molecule has 0 saturated carbocycles. The molecule has 1 aliphatic heterocycles. The third-order valence-electron chi connectivity index (χ3n) is 2.51. The number of hydrogen-bond donors (Lipinski definition) is 2. The summed E-state index contributed by atoms with van der Waals surface area (Å²) in [5.41, 5.74) is -0.397. The summed E-state index contributed by atoms with van der Waals surface area (Å²) in [4.78, 5) is 11.7. The van der Waals surface area contributed by atoms with Crippen LogP contribution in [0.2, 0.25) is 0 Å². The zero-order chi connectivity index (χ0) is 13.1. The van der Waals surface area contributed by atoms with E-state index in [1.54, 1.807) is 0 Å². The number of morpholine rings is 1. The molecule has 1 atom stereocenters. The summed E-state index contributed by atoms with van der Waals surface area (Å²) < 4.78 is 44.0. The minimum atomic E-state index is -1.30. The van der Waals surface area contributed by atoms with E-state index in [-0.39, 0.29) is 19.0 Å². The molecule has 0 bridgehead atoms. The van der Waals surface area contributed by atoms with Gasteiger partial charge in [-0.3, -0.25) is 4.79 Å². The van der Waals surface area contributed by atoms with Crippen molar-refractivity contribution in [2.24, 2.45) is 0 Å². The Kier molecular flexibility index (Phi) is 5.59. The molecule has 1 amide bonds. The Morgan fingerprint density at radius 2 is 1.95 bits per heavy atom. The van der Waals surface area contributed by atoms with Crippen molar-refractivity contribution in [2.45, 2.75) is 6.04 Å². The van der Waals surface area contributed by atoms with E-state index in [9.17, 15) is 18.0 Å². The molecule has 0 radical (unpaired) electrons. The Morgan fingerprint density at radius 1 is 1.26 bits per heavy atom. The van der Waals surface area contributed by atoms with E-state index >= 15 is 0 Å². The van der Waals surface area contributed by atoms with Gasteiger partial charge in [0, 0.05) is 18.7 Å². The lowest BCUT2D eigenvalue weighted by molar-refractivity contribution is -0.120. The van der Waals surface area contributed by atoms with E-state index in [0.717, 1.165) is 0 Å². The van der Waals surface area contributed by atoms with Gasteiger partial charge >= 0.3 is 0 Å². The van der Waals surface area contributed by atoms with Crippen LogP contribution in [0.1, 0.15) is 0 Å². The zero-order valence-electron chi connectivity index (χ0n) is 9.71. The summed E-state index contributed by atoms with van der Waals surface area (Å²) in [5, 5.41) is 5.04. The number of nitrogens with one attached hydrogen (secondary N) is 2. The number of carbonyl (C=O) groups is 1. The molecule has 19 heavy (non-hydrogen) atoms. The highest BCUT2D eigenvalue weighted by Crippen LogP contribution is 2.18. The topological polar surface area (TPSA) is 50.4 Å². The van der Waals surface area contributed by atoms with Gasteiger partial charge in [-0.05, 0) is 0 Å². The lowest BCUT2D eigenvalue weighted by Gasteiger charge is -2.22. The van der Waals surface area contributed by atoms with Crippen LogP contribution in [-0.4, -0.2) is 31.7 Å².